The van der Waals surface area contributed by atoms with E-state index >= 15 is 0 Å². The number of benzene rings is 3. The first-order valence-electron chi connectivity index (χ1n) is 26.5. The summed E-state index contributed by atoms with van der Waals surface area (Å²) in [4.78, 5) is 128. The van der Waals surface area contributed by atoms with E-state index < -0.39 is 102 Å². The molecule has 0 radical (unpaired) electrons. The van der Waals surface area contributed by atoms with Gasteiger partial charge in [0.15, 0.2) is 0 Å². The summed E-state index contributed by atoms with van der Waals surface area (Å²) in [5, 5.41) is 22.0. The van der Waals surface area contributed by atoms with Crippen LogP contribution in [0.3, 0.4) is 0 Å². The van der Waals surface area contributed by atoms with Gasteiger partial charge in [0.1, 0.15) is 47.0 Å². The summed E-state index contributed by atoms with van der Waals surface area (Å²) in [6, 6.07) is 14.2. The monoisotopic (exact) mass is 1090 g/mol. The lowest BCUT2D eigenvalue weighted by Crippen LogP contribution is -2.60. The molecule has 8 N–H and O–H groups in total. The van der Waals surface area contributed by atoms with Crippen molar-refractivity contribution in [1.29, 1.82) is 0 Å². The number of aromatic nitrogens is 4. The number of fused-ring (bicyclic) bond motifs is 2. The van der Waals surface area contributed by atoms with Gasteiger partial charge in [0, 0.05) is 82.2 Å². The van der Waals surface area contributed by atoms with Crippen LogP contribution >= 0.6 is 0 Å². The van der Waals surface area contributed by atoms with Crippen molar-refractivity contribution in [3.05, 3.63) is 60.7 Å². The van der Waals surface area contributed by atoms with Crippen LogP contribution in [0.5, 0.6) is 0 Å². The van der Waals surface area contributed by atoms with Gasteiger partial charge in [-0.2, -0.15) is 0 Å². The molecule has 5 amide bonds. The zero-order valence-corrected chi connectivity index (χ0v) is 47.0. The first-order chi connectivity index (χ1) is 37.1. The van der Waals surface area contributed by atoms with Gasteiger partial charge in [0.25, 0.3) is 0 Å². The molecule has 1 aliphatic rings. The summed E-state index contributed by atoms with van der Waals surface area (Å²) >= 11 is 0. The molecule has 1 fully saturated rings. The third-order valence-corrected chi connectivity index (χ3v) is 12.9. The number of carbonyl (C=O) groups is 8. The molecule has 1 saturated heterocycles. The summed E-state index contributed by atoms with van der Waals surface area (Å²) < 4.78 is 10.9. The third-order valence-electron chi connectivity index (χ3n) is 12.9. The molecule has 2 aromatic heterocycles. The number of esters is 2. The highest BCUT2D eigenvalue weighted by Crippen LogP contribution is 2.29. The van der Waals surface area contributed by atoms with Crippen molar-refractivity contribution in [2.75, 3.05) is 63.2 Å². The summed E-state index contributed by atoms with van der Waals surface area (Å²) in [5.74, 6) is -6.31. The summed E-state index contributed by atoms with van der Waals surface area (Å²) in [6.07, 6.45) is -2.08. The van der Waals surface area contributed by atoms with E-state index in [2.05, 4.69) is 71.6 Å². The largest absolute Gasteiger partial charge is 0.481 e. The molecule has 0 spiro atoms. The van der Waals surface area contributed by atoms with Crippen molar-refractivity contribution >= 4 is 80.9 Å². The van der Waals surface area contributed by atoms with Crippen LogP contribution in [0.4, 0.5) is 11.4 Å². The minimum Gasteiger partial charge on any atom is -0.481 e. The van der Waals surface area contributed by atoms with Crippen LogP contribution in [0.15, 0.2) is 60.7 Å². The van der Waals surface area contributed by atoms with Gasteiger partial charge in [0.2, 0.25) is 29.5 Å². The molecule has 0 bridgehead atoms. The van der Waals surface area contributed by atoms with E-state index in [0.717, 1.165) is 77.8 Å². The van der Waals surface area contributed by atoms with Crippen molar-refractivity contribution in [1.82, 2.24) is 51.4 Å². The molecule has 3 heterocycles. The van der Waals surface area contributed by atoms with Gasteiger partial charge in [-0.15, -0.1) is 0 Å². The van der Waals surface area contributed by atoms with Crippen molar-refractivity contribution in [2.45, 2.75) is 123 Å². The van der Waals surface area contributed by atoms with Gasteiger partial charge < -0.3 is 65.8 Å². The van der Waals surface area contributed by atoms with Gasteiger partial charge in [-0.3, -0.25) is 38.4 Å². The number of anilines is 2. The number of carboxylic acids is 1. The van der Waals surface area contributed by atoms with Crippen molar-refractivity contribution in [2.24, 2.45) is 5.92 Å². The second kappa shape index (κ2) is 26.0. The lowest BCUT2D eigenvalue weighted by atomic mass is 10.0. The van der Waals surface area contributed by atoms with Gasteiger partial charge in [-0.1, -0.05) is 13.8 Å². The van der Waals surface area contributed by atoms with E-state index in [1.165, 1.54) is 5.69 Å². The average molecular weight is 1090 g/mol. The van der Waals surface area contributed by atoms with E-state index in [0.29, 0.717) is 12.4 Å². The molecule has 6 rings (SSSR count). The fraction of sp³-hybridized carbons (Fsp3) is 0.500. The van der Waals surface area contributed by atoms with Crippen LogP contribution in [-0.4, -0.2) is 166 Å². The van der Waals surface area contributed by atoms with Crippen LogP contribution in [0.1, 0.15) is 88.0 Å². The number of hydrogen-bond acceptors (Lipinski definition) is 15. The lowest BCUT2D eigenvalue weighted by molar-refractivity contribution is -0.157. The van der Waals surface area contributed by atoms with Gasteiger partial charge >= 0.3 is 17.9 Å². The van der Waals surface area contributed by atoms with Gasteiger partial charge in [-0.05, 0) is 122 Å². The zero-order chi connectivity index (χ0) is 57.9. The highest BCUT2D eigenvalue weighted by atomic mass is 16.6. The molecule has 79 heavy (non-hydrogen) atoms. The number of carboxylic acid groups (broad SMARTS) is 1. The molecule has 0 aliphatic carbocycles. The number of rotatable bonds is 23. The Balaban J connectivity index is 1.09. The first kappa shape index (κ1) is 60.2. The Morgan fingerprint density at radius 2 is 1.22 bits per heavy atom. The van der Waals surface area contributed by atoms with E-state index in [-0.39, 0.29) is 19.4 Å². The molecule has 1 aliphatic heterocycles. The number of nitrogens with one attached hydrogen (secondary N) is 7. The Labute approximate surface area is 459 Å². The van der Waals surface area contributed by atoms with Crippen LogP contribution in [0, 0.1) is 5.92 Å². The van der Waals surface area contributed by atoms with Gasteiger partial charge in [0.05, 0.1) is 34.9 Å². The van der Waals surface area contributed by atoms with Crippen LogP contribution in [0.2, 0.25) is 0 Å². The maximum atomic E-state index is 14.1. The molecule has 0 unspecified atom stereocenters. The molecule has 0 saturated carbocycles. The van der Waals surface area contributed by atoms with E-state index in [4.69, 9.17) is 19.4 Å². The fourth-order valence-corrected chi connectivity index (χ4v) is 8.80. The first-order valence-corrected chi connectivity index (χ1v) is 26.5. The Morgan fingerprint density at radius 3 is 1.81 bits per heavy atom. The predicted molar refractivity (Wildman–Crippen MR) is 299 cm³/mol. The molecule has 426 valence electrons. The smallest absolute Gasteiger partial charge is 0.308 e. The van der Waals surface area contributed by atoms with Crippen molar-refractivity contribution in [3.63, 3.8) is 0 Å². The van der Waals surface area contributed by atoms with Crippen LogP contribution in [-0.2, 0) is 47.8 Å². The Bertz CT molecular complexity index is 2990. The molecule has 4 atom stereocenters. The highest BCUT2D eigenvalue weighted by Gasteiger charge is 2.35. The molecule has 5 aromatic rings. The molecular weight excluding hydrogens is 1020 g/mol. The number of aliphatic carboxylic acids is 1. The second-order valence-electron chi connectivity index (χ2n) is 22.3. The van der Waals surface area contributed by atoms with Crippen LogP contribution < -0.4 is 36.4 Å². The number of aromatic amines is 2. The number of nitrogens with zero attached hydrogens (tertiary/aromatic N) is 5. The highest BCUT2D eigenvalue weighted by molar-refractivity contribution is 5.97. The number of H-pyrrole nitrogens is 2. The van der Waals surface area contributed by atoms with Crippen molar-refractivity contribution in [3.8, 4) is 22.8 Å². The second-order valence-corrected chi connectivity index (χ2v) is 22.3. The van der Waals surface area contributed by atoms with E-state index in [1.54, 1.807) is 55.4 Å². The standard InChI is InChI=1S/C56H76N12O11/c1-32(2)48(65-52(75)40(20-21-46(72)78-55(4,5)6)63-53(76)43(30-45(70)71)58-33(3)69)54(77)64-44(31-47(73)79-56(7,8)9)51(74)57-22-23-67(11)36-15-12-34(13-16-36)49-59-38-18-14-35(28-41(38)61-49)50-60-39-19-17-37(29-42(39)62-50)68-26-24-66(10)25-27-68/h12-19,28-29,32,40,43-44,48H,20-27,30-31H2,1-11H3,(H,57,74)(H,58,69)(H,59,61)(H,60,62)(H,63,76)(H,64,77)(H,65,75)(H,70,71)/t40-,43-,44-,48-/m0/s1. The normalized spacial score (nSPS) is 14.7. The number of imidazole rings is 2. The SMILES string of the molecule is CC(=O)N[C@@H](CC(=O)O)C(=O)N[C@@H](CCC(=O)OC(C)(C)C)C(=O)N[C@H](C(=O)N[C@@H](CC(=O)OC(C)(C)C)C(=O)NCCN(C)c1ccc(-c2nc3ccc(-c4nc5ccc(N6CCN(C)CC6)cc5[nH]4)cc3[nH]2)cc1)C(C)C. The van der Waals surface area contributed by atoms with Crippen molar-refractivity contribution < 1.29 is 52.9 Å². The predicted octanol–water partition coefficient (Wildman–Crippen LogP) is 4.02. The quantitative estimate of drug-likeness (QED) is 0.0429. The number of piperazine rings is 1. The maximum Gasteiger partial charge on any atom is 0.308 e. The Hall–Kier alpha value is -8.08. The van der Waals surface area contributed by atoms with Crippen LogP contribution in [0.25, 0.3) is 44.8 Å². The molecule has 3 aromatic carbocycles. The summed E-state index contributed by atoms with van der Waals surface area (Å²) in [6.45, 7) is 18.6. The number of hydrogen-bond donors (Lipinski definition) is 8. The topological polar surface area (TPSA) is 302 Å². The maximum absolute atomic E-state index is 14.1. The Morgan fingerprint density at radius 1 is 0.671 bits per heavy atom. The average Bonchev–Trinajstić information content (AvgIpc) is 4.08. The number of ether oxygens (including phenoxy) is 2. The van der Waals surface area contributed by atoms with Gasteiger partial charge in [-0.25, -0.2) is 9.97 Å². The molecule has 23 nitrogen and oxygen atoms in total. The zero-order valence-electron chi connectivity index (χ0n) is 47.0. The lowest BCUT2D eigenvalue weighted by Gasteiger charge is -2.34. The number of amides is 5. The third kappa shape index (κ3) is 17.7. The Kier molecular flexibility index (Phi) is 19.8. The summed E-state index contributed by atoms with van der Waals surface area (Å²) in [7, 11) is 3.99. The van der Waals surface area contributed by atoms with E-state index in [1.807, 2.05) is 54.4 Å². The molecular formula is C56H76N12O11. The summed E-state index contributed by atoms with van der Waals surface area (Å²) in [5.41, 5.74) is 5.51. The minimum absolute atomic E-state index is 0.0943. The van der Waals surface area contributed by atoms with E-state index in [9.17, 15) is 43.5 Å². The number of likely N-dealkylation sites (N-methyl/N-ethyl adjacent to an activating group) is 2. The fourth-order valence-electron chi connectivity index (χ4n) is 8.80. The molecule has 23 heteroatoms. The number of carbonyl (C=O) groups excluding carboxylic acids is 7. The minimum atomic E-state index is -1.58.